The Balaban J connectivity index is 1.99. The van der Waals surface area contributed by atoms with Crippen molar-refractivity contribution >= 4 is 15.9 Å². The van der Waals surface area contributed by atoms with E-state index in [1.165, 1.54) is 34.6 Å². The first-order valence-corrected chi connectivity index (χ1v) is 12.8. The molecular weight excluding hydrogens is 477 g/mol. The Morgan fingerprint density at radius 2 is 1.83 bits per heavy atom. The number of benzene rings is 2. The number of hydrogen-bond acceptors (Lipinski definition) is 7. The van der Waals surface area contributed by atoms with Crippen molar-refractivity contribution in [3.63, 3.8) is 0 Å². The summed E-state index contributed by atoms with van der Waals surface area (Å²) in [5.74, 6) is -0.364. The first kappa shape index (κ1) is 26.3. The molecule has 11 heteroatoms. The molecule has 0 radical (unpaired) electrons. The van der Waals surface area contributed by atoms with Gasteiger partial charge in [0.1, 0.15) is 0 Å². The van der Waals surface area contributed by atoms with Crippen LogP contribution in [0.15, 0.2) is 47.3 Å². The summed E-state index contributed by atoms with van der Waals surface area (Å²) in [4.78, 5) is 25.9. The third-order valence-electron chi connectivity index (χ3n) is 5.11. The Kier molecular flexibility index (Phi) is 8.23. The number of aromatic nitrogens is 3. The van der Waals surface area contributed by atoms with E-state index in [1.807, 2.05) is 13.8 Å². The van der Waals surface area contributed by atoms with Gasteiger partial charge in [-0.05, 0) is 48.2 Å². The fourth-order valence-electron chi connectivity index (χ4n) is 3.53. The summed E-state index contributed by atoms with van der Waals surface area (Å²) >= 11 is 0. The van der Waals surface area contributed by atoms with Gasteiger partial charge in [-0.3, -0.25) is 13.5 Å². The highest BCUT2D eigenvalue weighted by Crippen LogP contribution is 2.25. The van der Waals surface area contributed by atoms with Crippen molar-refractivity contribution in [2.24, 2.45) is 5.92 Å². The van der Waals surface area contributed by atoms with Crippen LogP contribution < -0.4 is 10.4 Å². The van der Waals surface area contributed by atoms with Crippen molar-refractivity contribution in [2.75, 3.05) is 20.0 Å². The number of carbonyl (C=O) groups is 1. The lowest BCUT2D eigenvalue weighted by Gasteiger charge is -2.08. The molecular formula is C24H28FN3O6S. The van der Waals surface area contributed by atoms with E-state index in [9.17, 15) is 22.4 Å². The van der Waals surface area contributed by atoms with Crippen LogP contribution in [0.25, 0.3) is 17.1 Å². The van der Waals surface area contributed by atoms with Crippen LogP contribution in [0.4, 0.5) is 4.39 Å². The highest BCUT2D eigenvalue weighted by molar-refractivity contribution is 7.85. The zero-order chi connectivity index (χ0) is 25.8. The number of rotatable bonds is 11. The fraction of sp³-hybridized carbons (Fsp3) is 0.375. The fourth-order valence-corrected chi connectivity index (χ4v) is 3.92. The molecule has 0 N–H and O–H groups in total. The van der Waals surface area contributed by atoms with Gasteiger partial charge in [0.05, 0.1) is 32.2 Å². The Bertz CT molecular complexity index is 1360. The van der Waals surface area contributed by atoms with Gasteiger partial charge in [0.15, 0.2) is 23.2 Å². The predicted octanol–water partition coefficient (Wildman–Crippen LogP) is 2.98. The monoisotopic (exact) mass is 505 g/mol. The smallest absolute Gasteiger partial charge is 0.351 e. The van der Waals surface area contributed by atoms with E-state index in [-0.39, 0.29) is 36.4 Å². The highest BCUT2D eigenvalue weighted by Gasteiger charge is 2.20. The van der Waals surface area contributed by atoms with Crippen LogP contribution >= 0.6 is 0 Å². The minimum atomic E-state index is -3.52. The van der Waals surface area contributed by atoms with E-state index >= 15 is 0 Å². The molecule has 0 saturated carbocycles. The normalized spacial score (nSPS) is 11.7. The third kappa shape index (κ3) is 6.86. The molecule has 0 spiro atoms. The zero-order valence-corrected chi connectivity index (χ0v) is 20.8. The van der Waals surface area contributed by atoms with Crippen LogP contribution in [0.2, 0.25) is 0 Å². The lowest BCUT2D eigenvalue weighted by atomic mass is 10.1. The van der Waals surface area contributed by atoms with Gasteiger partial charge in [0, 0.05) is 12.0 Å². The highest BCUT2D eigenvalue weighted by atomic mass is 32.2. The van der Waals surface area contributed by atoms with Gasteiger partial charge in [0.2, 0.25) is 0 Å². The average molecular weight is 506 g/mol. The number of carbonyl (C=O) groups excluding carboxylic acids is 1. The van der Waals surface area contributed by atoms with Crippen molar-refractivity contribution < 1.29 is 26.5 Å². The Morgan fingerprint density at radius 1 is 1.14 bits per heavy atom. The number of nitrogens with zero attached hydrogens (tertiary/aromatic N) is 3. The summed E-state index contributed by atoms with van der Waals surface area (Å²) in [6, 6.07) is 10.9. The second-order valence-corrected chi connectivity index (χ2v) is 10.2. The van der Waals surface area contributed by atoms with Crippen LogP contribution in [0.3, 0.4) is 0 Å². The molecule has 1 heterocycles. The molecule has 0 aliphatic rings. The molecule has 3 rings (SSSR count). The largest absolute Gasteiger partial charge is 0.494 e. The number of Topliss-reactive ketones (excluding diaryl/α,β-unsaturated/α-hetero) is 1. The van der Waals surface area contributed by atoms with Gasteiger partial charge in [-0.1, -0.05) is 26.0 Å². The van der Waals surface area contributed by atoms with Crippen molar-refractivity contribution in [3.05, 3.63) is 64.3 Å². The minimum Gasteiger partial charge on any atom is -0.494 e. The second-order valence-electron chi connectivity index (χ2n) is 8.53. The summed E-state index contributed by atoms with van der Waals surface area (Å²) in [6.07, 6.45) is 1.65. The van der Waals surface area contributed by atoms with Gasteiger partial charge >= 0.3 is 5.69 Å². The van der Waals surface area contributed by atoms with Crippen LogP contribution in [0.5, 0.6) is 5.75 Å². The molecule has 0 saturated heterocycles. The Hall–Kier alpha value is -3.31. The van der Waals surface area contributed by atoms with E-state index in [1.54, 1.807) is 24.3 Å². The summed E-state index contributed by atoms with van der Waals surface area (Å²) in [6.45, 7) is 3.66. The second kappa shape index (κ2) is 11.0. The predicted molar refractivity (Wildman–Crippen MR) is 129 cm³/mol. The van der Waals surface area contributed by atoms with E-state index < -0.39 is 21.6 Å². The molecule has 0 amide bonds. The van der Waals surface area contributed by atoms with Crippen LogP contribution in [-0.4, -0.2) is 48.5 Å². The van der Waals surface area contributed by atoms with Crippen LogP contribution in [0, 0.1) is 11.7 Å². The van der Waals surface area contributed by atoms with Gasteiger partial charge < -0.3 is 4.74 Å². The molecule has 0 unspecified atom stereocenters. The average Bonchev–Trinajstić information content (AvgIpc) is 3.09. The Morgan fingerprint density at radius 3 is 2.43 bits per heavy atom. The van der Waals surface area contributed by atoms with Crippen LogP contribution in [0.1, 0.15) is 25.8 Å². The topological polar surface area (TPSA) is 109 Å². The SMILES string of the molecule is COc1cc(-c2nn(-c3ccc(CCOS(C)(=O)=O)cc3)c(=O)n2CC(=O)CC(C)C)ccc1F. The molecule has 3 aromatic rings. The molecule has 0 fully saturated rings. The molecule has 0 aliphatic carbocycles. The van der Waals surface area contributed by atoms with Gasteiger partial charge in [-0.2, -0.15) is 13.1 Å². The van der Waals surface area contributed by atoms with Crippen molar-refractivity contribution in [1.29, 1.82) is 0 Å². The molecule has 188 valence electrons. The van der Waals surface area contributed by atoms with Crippen molar-refractivity contribution in [3.8, 4) is 22.8 Å². The van der Waals surface area contributed by atoms with Crippen LogP contribution in [-0.2, 0) is 32.1 Å². The van der Waals surface area contributed by atoms with E-state index in [0.717, 1.165) is 11.8 Å². The minimum absolute atomic E-state index is 0.00126. The lowest BCUT2D eigenvalue weighted by Crippen LogP contribution is -2.27. The summed E-state index contributed by atoms with van der Waals surface area (Å²) in [7, 11) is -2.19. The number of ketones is 1. The summed E-state index contributed by atoms with van der Waals surface area (Å²) in [5, 5.41) is 4.44. The van der Waals surface area contributed by atoms with Crippen molar-refractivity contribution in [1.82, 2.24) is 14.3 Å². The first-order chi connectivity index (χ1) is 16.5. The number of hydrogen-bond donors (Lipinski definition) is 0. The lowest BCUT2D eigenvalue weighted by molar-refractivity contribution is -0.120. The van der Waals surface area contributed by atoms with Gasteiger partial charge in [-0.15, -0.1) is 5.10 Å². The first-order valence-electron chi connectivity index (χ1n) is 11.0. The maximum Gasteiger partial charge on any atom is 0.351 e. The standard InChI is InChI=1S/C24H28FN3O6S/c1-16(2)13-20(29)15-27-23(18-7-10-21(25)22(14-18)33-3)26-28(24(27)30)19-8-5-17(6-9-19)11-12-34-35(4,31)32/h5-10,14,16H,11-13,15H2,1-4H3. The number of methoxy groups -OCH3 is 1. The van der Waals surface area contributed by atoms with Gasteiger partial charge in [-0.25, -0.2) is 9.18 Å². The molecule has 0 atom stereocenters. The molecule has 1 aromatic heterocycles. The van der Waals surface area contributed by atoms with E-state index in [2.05, 4.69) is 5.10 Å². The quantitative estimate of drug-likeness (QED) is 0.369. The maximum absolute atomic E-state index is 14.0. The maximum atomic E-state index is 14.0. The van der Waals surface area contributed by atoms with E-state index in [4.69, 9.17) is 8.92 Å². The van der Waals surface area contributed by atoms with Crippen molar-refractivity contribution in [2.45, 2.75) is 33.2 Å². The van der Waals surface area contributed by atoms with E-state index in [0.29, 0.717) is 24.1 Å². The third-order valence-corrected chi connectivity index (χ3v) is 5.71. The number of halogens is 1. The molecule has 0 bridgehead atoms. The molecule has 35 heavy (non-hydrogen) atoms. The summed E-state index contributed by atoms with van der Waals surface area (Å²) < 4.78 is 48.5. The Labute approximate surface area is 203 Å². The van der Waals surface area contributed by atoms with Gasteiger partial charge in [0.25, 0.3) is 10.1 Å². The zero-order valence-electron chi connectivity index (χ0n) is 20.0. The molecule has 2 aromatic carbocycles. The molecule has 0 aliphatic heterocycles. The summed E-state index contributed by atoms with van der Waals surface area (Å²) in [5.41, 5.74) is 1.16. The molecule has 9 nitrogen and oxygen atoms in total. The number of ether oxygens (including phenoxy) is 1.